The number of rotatable bonds is 3. The summed E-state index contributed by atoms with van der Waals surface area (Å²) in [6.07, 6.45) is 1.80. The highest BCUT2D eigenvalue weighted by atomic mass is 35.5. The van der Waals surface area contributed by atoms with Crippen molar-refractivity contribution < 1.29 is 4.79 Å². The minimum Gasteiger partial charge on any atom is -0.266 e. The predicted octanol–water partition coefficient (Wildman–Crippen LogP) is 5.78. The number of nitrogens with zero attached hydrogens (tertiary/aromatic N) is 3. The van der Waals surface area contributed by atoms with Crippen LogP contribution in [0.4, 0.5) is 5.13 Å². The number of amidine groups is 1. The number of anilines is 1. The molecular weight excluding hydrogens is 402 g/mol. The molecule has 0 unspecified atom stereocenters. The fourth-order valence-electron chi connectivity index (χ4n) is 3.17. The van der Waals surface area contributed by atoms with Crippen LogP contribution in [0.2, 0.25) is 5.02 Å². The first kappa shape index (κ1) is 17.8. The number of fused-ring (bicyclic) bond motifs is 1. The van der Waals surface area contributed by atoms with Gasteiger partial charge in [0.15, 0.2) is 5.13 Å². The Kier molecular flexibility index (Phi) is 4.46. The Balaban J connectivity index is 1.65. The van der Waals surface area contributed by atoms with Gasteiger partial charge in [-0.25, -0.2) is 14.9 Å². The molecule has 1 amide bonds. The van der Waals surface area contributed by atoms with Crippen LogP contribution >= 0.6 is 22.9 Å². The van der Waals surface area contributed by atoms with Crippen LogP contribution in [0.1, 0.15) is 11.1 Å². The molecule has 0 saturated heterocycles. The SMILES string of the molecule is O=C1C(=Cc2ccccc2)N=C(c2ccccc2)N1c1nc2cc(Cl)ccc2s1. The average Bonchev–Trinajstić information content (AvgIpc) is 3.30. The van der Waals surface area contributed by atoms with Crippen LogP contribution in [0.25, 0.3) is 16.3 Å². The largest absolute Gasteiger partial charge is 0.284 e. The maximum absolute atomic E-state index is 13.3. The fourth-order valence-corrected chi connectivity index (χ4v) is 4.28. The van der Waals surface area contributed by atoms with E-state index in [2.05, 4.69) is 9.98 Å². The Hall–Kier alpha value is -3.28. The molecule has 1 aliphatic heterocycles. The van der Waals surface area contributed by atoms with Crippen molar-refractivity contribution >= 4 is 56.1 Å². The molecule has 6 heteroatoms. The van der Waals surface area contributed by atoms with Crippen molar-refractivity contribution in [2.24, 2.45) is 4.99 Å². The lowest BCUT2D eigenvalue weighted by molar-refractivity contribution is -0.113. The van der Waals surface area contributed by atoms with E-state index >= 15 is 0 Å². The van der Waals surface area contributed by atoms with Crippen molar-refractivity contribution in [1.29, 1.82) is 0 Å². The van der Waals surface area contributed by atoms with Gasteiger partial charge in [0.05, 0.1) is 10.2 Å². The molecule has 4 aromatic rings. The first-order chi connectivity index (χ1) is 14.2. The van der Waals surface area contributed by atoms with Gasteiger partial charge in [-0.05, 0) is 29.8 Å². The zero-order valence-electron chi connectivity index (χ0n) is 15.1. The van der Waals surface area contributed by atoms with Gasteiger partial charge in [0, 0.05) is 10.6 Å². The molecule has 1 aliphatic rings. The lowest BCUT2D eigenvalue weighted by Crippen LogP contribution is -2.32. The molecule has 2 heterocycles. The molecule has 0 radical (unpaired) electrons. The summed E-state index contributed by atoms with van der Waals surface area (Å²) < 4.78 is 0.963. The molecular formula is C23H14ClN3OS. The topological polar surface area (TPSA) is 45.6 Å². The third-order valence-electron chi connectivity index (χ3n) is 4.52. The molecule has 0 fully saturated rings. The van der Waals surface area contributed by atoms with Crippen molar-refractivity contribution in [1.82, 2.24) is 4.98 Å². The van der Waals surface area contributed by atoms with Crippen molar-refractivity contribution in [2.75, 3.05) is 4.90 Å². The highest BCUT2D eigenvalue weighted by Gasteiger charge is 2.34. The second kappa shape index (κ2) is 7.28. The maximum Gasteiger partial charge on any atom is 0.284 e. The van der Waals surface area contributed by atoms with E-state index in [1.807, 2.05) is 72.8 Å². The summed E-state index contributed by atoms with van der Waals surface area (Å²) in [5, 5.41) is 1.19. The van der Waals surface area contributed by atoms with Crippen LogP contribution in [-0.4, -0.2) is 16.7 Å². The number of hydrogen-bond acceptors (Lipinski definition) is 4. The Morgan fingerprint density at radius 1 is 0.931 bits per heavy atom. The predicted molar refractivity (Wildman–Crippen MR) is 120 cm³/mol. The first-order valence-corrected chi connectivity index (χ1v) is 10.2. The van der Waals surface area contributed by atoms with E-state index in [1.165, 1.54) is 11.3 Å². The van der Waals surface area contributed by atoms with Crippen LogP contribution in [0.5, 0.6) is 0 Å². The van der Waals surface area contributed by atoms with Crippen LogP contribution in [0.3, 0.4) is 0 Å². The summed E-state index contributed by atoms with van der Waals surface area (Å²) in [6, 6.07) is 24.9. The van der Waals surface area contributed by atoms with Gasteiger partial charge in [-0.2, -0.15) is 0 Å². The lowest BCUT2D eigenvalue weighted by atomic mass is 10.2. The Morgan fingerprint density at radius 3 is 2.41 bits per heavy atom. The summed E-state index contributed by atoms with van der Waals surface area (Å²) in [4.78, 5) is 24.2. The Labute approximate surface area is 176 Å². The second-order valence-electron chi connectivity index (χ2n) is 6.49. The van der Waals surface area contributed by atoms with Gasteiger partial charge in [-0.3, -0.25) is 4.79 Å². The average molecular weight is 416 g/mol. The van der Waals surface area contributed by atoms with E-state index in [1.54, 1.807) is 17.0 Å². The van der Waals surface area contributed by atoms with Gasteiger partial charge >= 0.3 is 0 Å². The maximum atomic E-state index is 13.3. The van der Waals surface area contributed by atoms with Gasteiger partial charge in [0.1, 0.15) is 11.5 Å². The first-order valence-electron chi connectivity index (χ1n) is 9.00. The molecule has 1 aromatic heterocycles. The second-order valence-corrected chi connectivity index (χ2v) is 7.94. The zero-order valence-corrected chi connectivity index (χ0v) is 16.7. The summed E-state index contributed by atoms with van der Waals surface area (Å²) in [7, 11) is 0. The molecule has 0 saturated carbocycles. The van der Waals surface area contributed by atoms with E-state index in [9.17, 15) is 4.79 Å². The number of amides is 1. The summed E-state index contributed by atoms with van der Waals surface area (Å²) >= 11 is 7.55. The third-order valence-corrected chi connectivity index (χ3v) is 5.78. The van der Waals surface area contributed by atoms with Crippen LogP contribution in [0.15, 0.2) is 89.6 Å². The monoisotopic (exact) mass is 415 g/mol. The van der Waals surface area contributed by atoms with Gasteiger partial charge in [-0.15, -0.1) is 0 Å². The fraction of sp³-hybridized carbons (Fsp3) is 0. The van der Waals surface area contributed by atoms with Gasteiger partial charge < -0.3 is 0 Å². The number of halogens is 1. The van der Waals surface area contributed by atoms with E-state index < -0.39 is 0 Å². The molecule has 0 atom stereocenters. The van der Waals surface area contributed by atoms with Crippen molar-refractivity contribution in [3.63, 3.8) is 0 Å². The number of carbonyl (C=O) groups excluding carboxylic acids is 1. The quantitative estimate of drug-likeness (QED) is 0.398. The smallest absolute Gasteiger partial charge is 0.266 e. The number of aromatic nitrogens is 1. The number of benzene rings is 3. The minimum atomic E-state index is -0.196. The molecule has 5 rings (SSSR count). The molecule has 29 heavy (non-hydrogen) atoms. The van der Waals surface area contributed by atoms with Gasteiger partial charge in [-0.1, -0.05) is 83.6 Å². The summed E-state index contributed by atoms with van der Waals surface area (Å²) in [6.45, 7) is 0. The van der Waals surface area contributed by atoms with Crippen molar-refractivity contribution in [3.05, 3.63) is 101 Å². The summed E-state index contributed by atoms with van der Waals surface area (Å²) in [5.74, 6) is 0.376. The molecule has 0 N–H and O–H groups in total. The number of thiazole rings is 1. The highest BCUT2D eigenvalue weighted by Crippen LogP contribution is 2.35. The number of carbonyl (C=O) groups is 1. The number of aliphatic imine (C=N–C) groups is 1. The normalized spacial score (nSPS) is 15.3. The standard InChI is InChI=1S/C23H14ClN3OS/c24-17-11-12-20-18(14-17)26-23(29-20)27-21(16-9-5-2-6-10-16)25-19(22(27)28)13-15-7-3-1-4-8-15/h1-14H. The molecule has 140 valence electrons. The highest BCUT2D eigenvalue weighted by molar-refractivity contribution is 7.22. The molecule has 3 aromatic carbocycles. The van der Waals surface area contributed by atoms with Crippen molar-refractivity contribution in [2.45, 2.75) is 0 Å². The lowest BCUT2D eigenvalue weighted by Gasteiger charge is -2.14. The molecule has 0 aliphatic carbocycles. The van der Waals surface area contributed by atoms with Crippen LogP contribution in [0, 0.1) is 0 Å². The van der Waals surface area contributed by atoms with Crippen molar-refractivity contribution in [3.8, 4) is 0 Å². The Bertz CT molecular complexity index is 1280. The van der Waals surface area contributed by atoms with Crippen LogP contribution < -0.4 is 4.90 Å². The molecule has 0 bridgehead atoms. The van der Waals surface area contributed by atoms with E-state index in [-0.39, 0.29) is 5.91 Å². The van der Waals surface area contributed by atoms with E-state index in [4.69, 9.17) is 11.6 Å². The third kappa shape index (κ3) is 3.35. The Morgan fingerprint density at radius 2 is 1.66 bits per heavy atom. The number of hydrogen-bond donors (Lipinski definition) is 0. The van der Waals surface area contributed by atoms with E-state index in [0.717, 1.165) is 21.3 Å². The molecule has 4 nitrogen and oxygen atoms in total. The molecule has 0 spiro atoms. The van der Waals surface area contributed by atoms with Gasteiger partial charge in [0.2, 0.25) is 0 Å². The summed E-state index contributed by atoms with van der Waals surface area (Å²) in [5.41, 5.74) is 2.92. The minimum absolute atomic E-state index is 0.196. The van der Waals surface area contributed by atoms with E-state index in [0.29, 0.717) is 21.7 Å². The zero-order chi connectivity index (χ0) is 19.8. The van der Waals surface area contributed by atoms with Gasteiger partial charge in [0.25, 0.3) is 5.91 Å². The van der Waals surface area contributed by atoms with Crippen LogP contribution in [-0.2, 0) is 4.79 Å².